The van der Waals surface area contributed by atoms with E-state index in [1.807, 2.05) is 24.8 Å². The maximum atomic E-state index is 11.3. The number of fused-ring (bicyclic) bond motifs is 1. The fourth-order valence-electron chi connectivity index (χ4n) is 2.85. The fraction of sp³-hybridized carbons (Fsp3) is 0.467. The Kier molecular flexibility index (Phi) is 3.70. The number of nitrogens with zero attached hydrogens (tertiary/aromatic N) is 2. The lowest BCUT2D eigenvalue weighted by molar-refractivity contribution is 0.0699. The molecule has 5 heteroatoms. The highest BCUT2D eigenvalue weighted by atomic mass is 32.2. The summed E-state index contributed by atoms with van der Waals surface area (Å²) < 4.78 is 2.18. The van der Waals surface area contributed by atoms with Gasteiger partial charge in [0, 0.05) is 6.54 Å². The van der Waals surface area contributed by atoms with E-state index in [1.54, 1.807) is 12.1 Å². The number of thioether (sulfide) groups is 1. The van der Waals surface area contributed by atoms with Crippen LogP contribution in [0.25, 0.3) is 11.0 Å². The lowest BCUT2D eigenvalue weighted by Crippen LogP contribution is -2.17. The summed E-state index contributed by atoms with van der Waals surface area (Å²) in [7, 11) is 0. The van der Waals surface area contributed by atoms with Gasteiger partial charge in [0.25, 0.3) is 0 Å². The standard InChI is InChI=1S/C15H18N2O2S/c1-10-16-14-12(15(18)19)3-2-4-13(14)17(10)9-11-5-7-20-8-6-11/h2-4,11H,5-9H2,1H3,(H,18,19). The molecule has 0 amide bonds. The van der Waals surface area contributed by atoms with Gasteiger partial charge in [-0.05, 0) is 49.3 Å². The van der Waals surface area contributed by atoms with Crippen LogP contribution in [-0.4, -0.2) is 32.1 Å². The molecule has 0 spiro atoms. The largest absolute Gasteiger partial charge is 0.478 e. The van der Waals surface area contributed by atoms with E-state index in [2.05, 4.69) is 9.55 Å². The number of aromatic nitrogens is 2. The molecular formula is C15H18N2O2S. The molecule has 0 aliphatic carbocycles. The Labute approximate surface area is 122 Å². The van der Waals surface area contributed by atoms with Crippen LogP contribution in [0.3, 0.4) is 0 Å². The number of para-hydroxylation sites is 1. The van der Waals surface area contributed by atoms with Crippen molar-refractivity contribution in [2.45, 2.75) is 26.3 Å². The number of hydrogen-bond donors (Lipinski definition) is 1. The summed E-state index contributed by atoms with van der Waals surface area (Å²) in [5.41, 5.74) is 1.85. The summed E-state index contributed by atoms with van der Waals surface area (Å²) in [5, 5.41) is 9.25. The minimum Gasteiger partial charge on any atom is -0.478 e. The molecule has 1 aliphatic rings. The Morgan fingerprint density at radius 3 is 2.90 bits per heavy atom. The van der Waals surface area contributed by atoms with E-state index in [0.29, 0.717) is 17.0 Å². The summed E-state index contributed by atoms with van der Waals surface area (Å²) in [6.07, 6.45) is 2.48. The van der Waals surface area contributed by atoms with Crippen LogP contribution in [0.15, 0.2) is 18.2 Å². The van der Waals surface area contributed by atoms with Crippen LogP contribution in [0.2, 0.25) is 0 Å². The van der Waals surface area contributed by atoms with Crippen molar-refractivity contribution in [3.05, 3.63) is 29.6 Å². The molecule has 1 saturated heterocycles. The molecule has 0 radical (unpaired) electrons. The second kappa shape index (κ2) is 5.48. The number of carbonyl (C=O) groups is 1. The zero-order valence-electron chi connectivity index (χ0n) is 11.5. The maximum Gasteiger partial charge on any atom is 0.337 e. The topological polar surface area (TPSA) is 55.1 Å². The molecule has 3 rings (SSSR count). The predicted octanol–water partition coefficient (Wildman–Crippen LogP) is 3.19. The smallest absolute Gasteiger partial charge is 0.337 e. The van der Waals surface area contributed by atoms with Gasteiger partial charge in [-0.15, -0.1) is 0 Å². The van der Waals surface area contributed by atoms with E-state index in [9.17, 15) is 9.90 Å². The molecule has 20 heavy (non-hydrogen) atoms. The zero-order chi connectivity index (χ0) is 14.1. The van der Waals surface area contributed by atoms with Gasteiger partial charge in [-0.3, -0.25) is 0 Å². The number of hydrogen-bond acceptors (Lipinski definition) is 3. The second-order valence-electron chi connectivity index (χ2n) is 5.30. The summed E-state index contributed by atoms with van der Waals surface area (Å²) >= 11 is 2.02. The summed E-state index contributed by atoms with van der Waals surface area (Å²) in [6.45, 7) is 2.91. The number of imidazole rings is 1. The number of benzene rings is 1. The second-order valence-corrected chi connectivity index (χ2v) is 6.53. The van der Waals surface area contributed by atoms with Crippen LogP contribution in [0.4, 0.5) is 0 Å². The van der Waals surface area contributed by atoms with Crippen LogP contribution < -0.4 is 0 Å². The molecule has 1 aromatic heterocycles. The van der Waals surface area contributed by atoms with Crippen molar-refractivity contribution in [3.63, 3.8) is 0 Å². The van der Waals surface area contributed by atoms with Crippen molar-refractivity contribution in [2.75, 3.05) is 11.5 Å². The Morgan fingerprint density at radius 2 is 2.20 bits per heavy atom. The molecular weight excluding hydrogens is 272 g/mol. The van der Waals surface area contributed by atoms with Crippen LogP contribution in [0, 0.1) is 12.8 Å². The van der Waals surface area contributed by atoms with Gasteiger partial charge in [0.1, 0.15) is 11.3 Å². The fourth-order valence-corrected chi connectivity index (χ4v) is 4.06. The van der Waals surface area contributed by atoms with Crippen molar-refractivity contribution in [1.29, 1.82) is 0 Å². The van der Waals surface area contributed by atoms with Crippen LogP contribution in [-0.2, 0) is 6.54 Å². The number of rotatable bonds is 3. The average Bonchev–Trinajstić information content (AvgIpc) is 2.76. The Bertz CT molecular complexity index is 645. The van der Waals surface area contributed by atoms with Gasteiger partial charge in [0.2, 0.25) is 0 Å². The molecule has 106 valence electrons. The van der Waals surface area contributed by atoms with E-state index in [1.165, 1.54) is 24.3 Å². The lowest BCUT2D eigenvalue weighted by atomic mass is 10.0. The monoisotopic (exact) mass is 290 g/mol. The van der Waals surface area contributed by atoms with Gasteiger partial charge in [-0.2, -0.15) is 11.8 Å². The van der Waals surface area contributed by atoms with Crippen LogP contribution in [0.1, 0.15) is 29.0 Å². The van der Waals surface area contributed by atoms with E-state index in [0.717, 1.165) is 17.9 Å². The normalized spacial score (nSPS) is 16.6. The third-order valence-electron chi connectivity index (χ3n) is 3.98. The minimum absolute atomic E-state index is 0.295. The minimum atomic E-state index is -0.908. The van der Waals surface area contributed by atoms with Crippen molar-refractivity contribution in [2.24, 2.45) is 5.92 Å². The molecule has 0 bridgehead atoms. The number of carboxylic acids is 1. The molecule has 2 aromatic rings. The van der Waals surface area contributed by atoms with Gasteiger partial charge in [0.15, 0.2) is 0 Å². The highest BCUT2D eigenvalue weighted by Gasteiger charge is 2.19. The third kappa shape index (κ3) is 2.42. The number of aryl methyl sites for hydroxylation is 1. The van der Waals surface area contributed by atoms with Gasteiger partial charge in [0.05, 0.1) is 11.1 Å². The van der Waals surface area contributed by atoms with E-state index in [4.69, 9.17) is 0 Å². The zero-order valence-corrected chi connectivity index (χ0v) is 12.3. The highest BCUT2D eigenvalue weighted by molar-refractivity contribution is 7.99. The quantitative estimate of drug-likeness (QED) is 0.943. The first kappa shape index (κ1) is 13.5. The highest BCUT2D eigenvalue weighted by Crippen LogP contribution is 2.27. The molecule has 0 saturated carbocycles. The predicted molar refractivity (Wildman–Crippen MR) is 81.5 cm³/mol. The molecule has 4 nitrogen and oxygen atoms in total. The molecule has 1 N–H and O–H groups in total. The third-order valence-corrected chi connectivity index (χ3v) is 5.03. The van der Waals surface area contributed by atoms with E-state index >= 15 is 0 Å². The summed E-state index contributed by atoms with van der Waals surface area (Å²) in [4.78, 5) is 15.8. The maximum absolute atomic E-state index is 11.3. The van der Waals surface area contributed by atoms with E-state index < -0.39 is 5.97 Å². The van der Waals surface area contributed by atoms with Gasteiger partial charge in [-0.1, -0.05) is 6.07 Å². The Hall–Kier alpha value is -1.49. The van der Waals surface area contributed by atoms with Crippen LogP contribution in [0.5, 0.6) is 0 Å². The van der Waals surface area contributed by atoms with Crippen LogP contribution >= 0.6 is 11.8 Å². The summed E-state index contributed by atoms with van der Waals surface area (Å²) in [6, 6.07) is 5.40. The van der Waals surface area contributed by atoms with Gasteiger partial charge < -0.3 is 9.67 Å². The Morgan fingerprint density at radius 1 is 1.45 bits per heavy atom. The SMILES string of the molecule is Cc1nc2c(C(=O)O)cccc2n1CC1CCSCC1. The summed E-state index contributed by atoms with van der Waals surface area (Å²) in [5.74, 6) is 3.15. The Balaban J connectivity index is 2.00. The molecule has 1 aromatic carbocycles. The first-order chi connectivity index (χ1) is 9.66. The van der Waals surface area contributed by atoms with Gasteiger partial charge >= 0.3 is 5.97 Å². The van der Waals surface area contributed by atoms with Crippen molar-refractivity contribution >= 4 is 28.8 Å². The lowest BCUT2D eigenvalue weighted by Gasteiger charge is -2.22. The number of aromatic carboxylic acids is 1. The molecule has 1 aliphatic heterocycles. The first-order valence-electron chi connectivity index (χ1n) is 6.93. The van der Waals surface area contributed by atoms with Crippen molar-refractivity contribution < 1.29 is 9.90 Å². The first-order valence-corrected chi connectivity index (χ1v) is 8.09. The molecule has 2 heterocycles. The average molecular weight is 290 g/mol. The molecule has 0 atom stereocenters. The van der Waals surface area contributed by atoms with Gasteiger partial charge in [-0.25, -0.2) is 9.78 Å². The van der Waals surface area contributed by atoms with E-state index in [-0.39, 0.29) is 0 Å². The molecule has 0 unspecified atom stereocenters. The van der Waals surface area contributed by atoms with Crippen molar-refractivity contribution in [3.8, 4) is 0 Å². The van der Waals surface area contributed by atoms with Crippen molar-refractivity contribution in [1.82, 2.24) is 9.55 Å². The number of carboxylic acid groups (broad SMARTS) is 1. The molecule has 1 fully saturated rings.